The minimum atomic E-state index is 0.373. The zero-order chi connectivity index (χ0) is 15.9. The van der Waals surface area contributed by atoms with Crippen LogP contribution < -0.4 is 4.74 Å². The van der Waals surface area contributed by atoms with E-state index < -0.39 is 0 Å². The van der Waals surface area contributed by atoms with Gasteiger partial charge in [0.25, 0.3) is 0 Å². The molecule has 0 fully saturated rings. The molecule has 2 aromatic carbocycles. The van der Waals surface area contributed by atoms with Crippen LogP contribution in [0.25, 0.3) is 0 Å². The molecule has 5 heteroatoms. The van der Waals surface area contributed by atoms with Gasteiger partial charge < -0.3 is 4.74 Å². The Hall–Kier alpha value is -2.95. The Kier molecular flexibility index (Phi) is 4.79. The van der Waals surface area contributed by atoms with Crippen molar-refractivity contribution in [3.8, 4) is 5.75 Å². The summed E-state index contributed by atoms with van der Waals surface area (Å²) in [6.45, 7) is 1.05. The van der Waals surface area contributed by atoms with E-state index >= 15 is 0 Å². The first-order chi connectivity index (χ1) is 11.4. The molecule has 0 aliphatic rings. The van der Waals surface area contributed by atoms with Crippen molar-refractivity contribution in [2.45, 2.75) is 13.0 Å². The Morgan fingerprint density at radius 1 is 1.00 bits per heavy atom. The van der Waals surface area contributed by atoms with Gasteiger partial charge in [-0.1, -0.05) is 53.7 Å². The quantitative estimate of drug-likeness (QED) is 0.630. The van der Waals surface area contributed by atoms with E-state index in [4.69, 9.17) is 4.74 Å². The van der Waals surface area contributed by atoms with Gasteiger partial charge in [-0.2, -0.15) is 0 Å². The number of carbonyl (C=O) groups excluding carboxylic acids is 1. The highest BCUT2D eigenvalue weighted by molar-refractivity contribution is 5.73. The van der Waals surface area contributed by atoms with E-state index in [2.05, 4.69) is 10.3 Å². The molecule has 3 rings (SSSR count). The van der Waals surface area contributed by atoms with Crippen LogP contribution in [0.2, 0.25) is 0 Å². The zero-order valence-electron chi connectivity index (χ0n) is 12.6. The minimum absolute atomic E-state index is 0.373. The largest absolute Gasteiger partial charge is 0.493 e. The maximum atomic E-state index is 11.2. The number of rotatable bonds is 7. The summed E-state index contributed by atoms with van der Waals surface area (Å²) in [6.07, 6.45) is 1.31. The molecule has 0 saturated carbocycles. The molecule has 1 aromatic heterocycles. The zero-order valence-corrected chi connectivity index (χ0v) is 12.6. The molecule has 116 valence electrons. The van der Waals surface area contributed by atoms with Crippen molar-refractivity contribution in [2.75, 3.05) is 6.61 Å². The highest BCUT2D eigenvalue weighted by atomic mass is 16.5. The summed E-state index contributed by atoms with van der Waals surface area (Å²) in [6, 6.07) is 19.6. The van der Waals surface area contributed by atoms with Crippen molar-refractivity contribution in [1.29, 1.82) is 0 Å². The van der Waals surface area contributed by atoms with Crippen molar-refractivity contribution in [3.63, 3.8) is 0 Å². The van der Waals surface area contributed by atoms with E-state index in [-0.39, 0.29) is 0 Å². The number of aromatic nitrogens is 3. The lowest BCUT2D eigenvalue weighted by atomic mass is 10.2. The van der Waals surface area contributed by atoms with E-state index in [0.717, 1.165) is 23.3 Å². The van der Waals surface area contributed by atoms with Crippen molar-refractivity contribution in [3.05, 3.63) is 77.6 Å². The lowest BCUT2D eigenvalue weighted by Crippen LogP contribution is -2.11. The molecule has 0 unspecified atom stereocenters. The van der Waals surface area contributed by atoms with E-state index in [1.807, 2.05) is 60.7 Å². The molecular formula is C18H17N3O2. The number of para-hydroxylation sites is 1. The van der Waals surface area contributed by atoms with Gasteiger partial charge in [0.05, 0.1) is 18.8 Å². The SMILES string of the molecule is O=Cc1nnn(Cc2ccccc2)c1CCOc1ccccc1. The predicted octanol–water partition coefficient (Wildman–Crippen LogP) is 2.76. The maximum absolute atomic E-state index is 11.2. The average Bonchev–Trinajstić information content (AvgIpc) is 2.99. The molecule has 0 amide bonds. The number of hydrogen-bond donors (Lipinski definition) is 0. The van der Waals surface area contributed by atoms with Gasteiger partial charge in [-0.15, -0.1) is 5.10 Å². The molecule has 0 saturated heterocycles. The number of benzene rings is 2. The Morgan fingerprint density at radius 3 is 2.39 bits per heavy atom. The molecule has 0 radical (unpaired) electrons. The average molecular weight is 307 g/mol. The fourth-order valence-electron chi connectivity index (χ4n) is 2.36. The van der Waals surface area contributed by atoms with Crippen molar-refractivity contribution in [1.82, 2.24) is 15.0 Å². The smallest absolute Gasteiger partial charge is 0.172 e. The Balaban J connectivity index is 1.70. The van der Waals surface area contributed by atoms with Crippen molar-refractivity contribution in [2.24, 2.45) is 0 Å². The van der Waals surface area contributed by atoms with Crippen LogP contribution in [0.5, 0.6) is 5.75 Å². The number of nitrogens with zero attached hydrogens (tertiary/aromatic N) is 3. The molecule has 5 nitrogen and oxygen atoms in total. The number of ether oxygens (including phenoxy) is 1. The molecule has 3 aromatic rings. The summed E-state index contributed by atoms with van der Waals surface area (Å²) in [5.41, 5.74) is 2.28. The van der Waals surface area contributed by atoms with Crippen LogP contribution >= 0.6 is 0 Å². The summed E-state index contributed by atoms with van der Waals surface area (Å²) in [4.78, 5) is 11.2. The third-order valence-electron chi connectivity index (χ3n) is 3.51. The number of hydrogen-bond acceptors (Lipinski definition) is 4. The van der Waals surface area contributed by atoms with Gasteiger partial charge in [0.1, 0.15) is 11.4 Å². The van der Waals surface area contributed by atoms with Gasteiger partial charge in [0.15, 0.2) is 6.29 Å². The molecule has 1 heterocycles. The second-order valence-corrected chi connectivity index (χ2v) is 5.09. The Labute approximate surface area is 134 Å². The van der Waals surface area contributed by atoms with Gasteiger partial charge in [-0.25, -0.2) is 4.68 Å². The van der Waals surface area contributed by atoms with Crippen LogP contribution in [0.15, 0.2) is 60.7 Å². The second-order valence-electron chi connectivity index (χ2n) is 5.09. The fourth-order valence-corrected chi connectivity index (χ4v) is 2.36. The van der Waals surface area contributed by atoms with Crippen LogP contribution in [0.1, 0.15) is 21.7 Å². The summed E-state index contributed by atoms with van der Waals surface area (Å²) < 4.78 is 7.46. The van der Waals surface area contributed by atoms with E-state index in [0.29, 0.717) is 25.3 Å². The molecule has 0 aliphatic heterocycles. The first-order valence-corrected chi connectivity index (χ1v) is 7.46. The summed E-state index contributed by atoms with van der Waals surface area (Å²) >= 11 is 0. The van der Waals surface area contributed by atoms with Gasteiger partial charge in [-0.05, 0) is 17.7 Å². The lowest BCUT2D eigenvalue weighted by Gasteiger charge is -2.09. The van der Waals surface area contributed by atoms with Crippen LogP contribution in [-0.4, -0.2) is 27.9 Å². The van der Waals surface area contributed by atoms with Crippen molar-refractivity contribution < 1.29 is 9.53 Å². The maximum Gasteiger partial charge on any atom is 0.172 e. The molecule has 0 N–H and O–H groups in total. The molecule has 0 bridgehead atoms. The predicted molar refractivity (Wildman–Crippen MR) is 86.6 cm³/mol. The third-order valence-corrected chi connectivity index (χ3v) is 3.51. The standard InChI is InChI=1S/C18H17N3O2/c22-14-17-18(11-12-23-16-9-5-2-6-10-16)21(20-19-17)13-15-7-3-1-4-8-15/h1-10,14H,11-13H2. The highest BCUT2D eigenvalue weighted by Crippen LogP contribution is 2.12. The first-order valence-electron chi connectivity index (χ1n) is 7.46. The van der Waals surface area contributed by atoms with Crippen LogP contribution in [0, 0.1) is 0 Å². The molecule has 0 aliphatic carbocycles. The van der Waals surface area contributed by atoms with Gasteiger partial charge in [0.2, 0.25) is 0 Å². The second kappa shape index (κ2) is 7.35. The summed E-state index contributed by atoms with van der Waals surface area (Å²) in [7, 11) is 0. The summed E-state index contributed by atoms with van der Waals surface area (Å²) in [5.74, 6) is 0.808. The first kappa shape index (κ1) is 15.0. The van der Waals surface area contributed by atoms with Crippen LogP contribution in [0.4, 0.5) is 0 Å². The van der Waals surface area contributed by atoms with E-state index in [1.165, 1.54) is 0 Å². The van der Waals surface area contributed by atoms with Crippen LogP contribution in [-0.2, 0) is 13.0 Å². The monoisotopic (exact) mass is 307 g/mol. The highest BCUT2D eigenvalue weighted by Gasteiger charge is 2.12. The van der Waals surface area contributed by atoms with Crippen molar-refractivity contribution >= 4 is 6.29 Å². The summed E-state index contributed by atoms with van der Waals surface area (Å²) in [5, 5.41) is 8.03. The topological polar surface area (TPSA) is 57.0 Å². The molecule has 0 spiro atoms. The van der Waals surface area contributed by atoms with Gasteiger partial charge >= 0.3 is 0 Å². The fraction of sp³-hybridized carbons (Fsp3) is 0.167. The number of aldehydes is 1. The molecular weight excluding hydrogens is 290 g/mol. The molecule has 23 heavy (non-hydrogen) atoms. The van der Waals surface area contributed by atoms with Gasteiger partial charge in [0, 0.05) is 6.42 Å². The third kappa shape index (κ3) is 3.83. The van der Waals surface area contributed by atoms with E-state index in [1.54, 1.807) is 4.68 Å². The van der Waals surface area contributed by atoms with Crippen LogP contribution in [0.3, 0.4) is 0 Å². The molecule has 0 atom stereocenters. The van der Waals surface area contributed by atoms with Gasteiger partial charge in [-0.3, -0.25) is 4.79 Å². The lowest BCUT2D eigenvalue weighted by molar-refractivity contribution is 0.111. The Bertz CT molecular complexity index is 754. The van der Waals surface area contributed by atoms with E-state index in [9.17, 15) is 4.79 Å². The number of carbonyl (C=O) groups is 1. The Morgan fingerprint density at radius 2 is 1.70 bits per heavy atom. The normalized spacial score (nSPS) is 10.4. The minimum Gasteiger partial charge on any atom is -0.493 e.